The molecule has 1 N–H and O–H groups in total. The van der Waals surface area contributed by atoms with E-state index in [9.17, 15) is 13.6 Å². The van der Waals surface area contributed by atoms with Gasteiger partial charge in [0.2, 0.25) is 5.91 Å². The first kappa shape index (κ1) is 22.4. The van der Waals surface area contributed by atoms with E-state index in [-0.39, 0.29) is 11.4 Å². The summed E-state index contributed by atoms with van der Waals surface area (Å²) in [5.74, 6) is -0.867. The standard InChI is InChI=1S/C23H25F2N5OS/c24-18-9-10-19(25)20(13-18)26-22(31)16-32-23-28-27-21(15-29-11-5-2-6-12-29)30(23)14-17-7-3-1-4-8-17/h1,3-4,7-10,13H,2,5-6,11-12,14-16H2,(H,26,31). The van der Waals surface area contributed by atoms with Gasteiger partial charge in [0.15, 0.2) is 5.16 Å². The van der Waals surface area contributed by atoms with Gasteiger partial charge >= 0.3 is 0 Å². The predicted octanol–water partition coefficient (Wildman–Crippen LogP) is 4.32. The number of benzene rings is 2. The SMILES string of the molecule is O=C(CSc1nnc(CN2CCCCC2)n1Cc1ccccc1)Nc1cc(F)ccc1F. The van der Waals surface area contributed by atoms with Crippen LogP contribution in [0.3, 0.4) is 0 Å². The molecular weight excluding hydrogens is 432 g/mol. The molecule has 6 nitrogen and oxygen atoms in total. The summed E-state index contributed by atoms with van der Waals surface area (Å²) in [5, 5.41) is 11.8. The number of carbonyl (C=O) groups is 1. The van der Waals surface area contributed by atoms with Gasteiger partial charge in [0.1, 0.15) is 17.5 Å². The quantitative estimate of drug-likeness (QED) is 0.511. The summed E-state index contributed by atoms with van der Waals surface area (Å²) in [6.07, 6.45) is 3.63. The molecule has 1 saturated heterocycles. The van der Waals surface area contributed by atoms with Crippen LogP contribution in [-0.4, -0.2) is 44.4 Å². The largest absolute Gasteiger partial charge is 0.323 e. The van der Waals surface area contributed by atoms with Crippen molar-refractivity contribution in [2.45, 2.75) is 37.5 Å². The molecule has 0 saturated carbocycles. The number of halogens is 2. The first-order valence-electron chi connectivity index (χ1n) is 10.6. The number of piperidine rings is 1. The van der Waals surface area contributed by atoms with Crippen LogP contribution in [0.2, 0.25) is 0 Å². The second-order valence-corrected chi connectivity index (χ2v) is 8.71. The highest BCUT2D eigenvalue weighted by Gasteiger charge is 2.19. The van der Waals surface area contributed by atoms with E-state index in [2.05, 4.69) is 20.4 Å². The molecule has 3 aromatic rings. The Kier molecular flexibility index (Phi) is 7.49. The number of hydrogen-bond acceptors (Lipinski definition) is 5. The van der Waals surface area contributed by atoms with Gasteiger partial charge in [-0.2, -0.15) is 0 Å². The van der Waals surface area contributed by atoms with Crippen molar-refractivity contribution in [2.75, 3.05) is 24.2 Å². The molecule has 1 aliphatic heterocycles. The number of rotatable bonds is 8. The highest BCUT2D eigenvalue weighted by atomic mass is 32.2. The first-order chi connectivity index (χ1) is 15.6. The van der Waals surface area contributed by atoms with Gasteiger partial charge in [0.25, 0.3) is 0 Å². The lowest BCUT2D eigenvalue weighted by Crippen LogP contribution is -2.30. The normalized spacial score (nSPS) is 14.4. The maximum atomic E-state index is 13.8. The molecule has 168 valence electrons. The van der Waals surface area contributed by atoms with E-state index in [1.807, 2.05) is 34.9 Å². The summed E-state index contributed by atoms with van der Waals surface area (Å²) in [4.78, 5) is 14.7. The zero-order valence-electron chi connectivity index (χ0n) is 17.6. The summed E-state index contributed by atoms with van der Waals surface area (Å²) in [7, 11) is 0. The Labute approximate surface area is 190 Å². The van der Waals surface area contributed by atoms with Crippen LogP contribution in [0.1, 0.15) is 30.7 Å². The number of thioether (sulfide) groups is 1. The highest BCUT2D eigenvalue weighted by molar-refractivity contribution is 7.99. The average molecular weight is 458 g/mol. The third kappa shape index (κ3) is 5.92. The maximum absolute atomic E-state index is 13.8. The van der Waals surface area contributed by atoms with E-state index in [1.54, 1.807) is 0 Å². The first-order valence-corrected chi connectivity index (χ1v) is 11.6. The van der Waals surface area contributed by atoms with Crippen LogP contribution in [0.25, 0.3) is 0 Å². The second-order valence-electron chi connectivity index (χ2n) is 7.77. The third-order valence-electron chi connectivity index (χ3n) is 5.33. The lowest BCUT2D eigenvalue weighted by atomic mass is 10.1. The molecule has 2 aromatic carbocycles. The van der Waals surface area contributed by atoms with Crippen LogP contribution in [0.4, 0.5) is 14.5 Å². The minimum atomic E-state index is -0.680. The summed E-state index contributed by atoms with van der Waals surface area (Å²) < 4.78 is 29.2. The molecule has 0 unspecified atom stereocenters. The maximum Gasteiger partial charge on any atom is 0.234 e. The number of amides is 1. The van der Waals surface area contributed by atoms with Crippen molar-refractivity contribution in [2.24, 2.45) is 0 Å². The molecule has 9 heteroatoms. The van der Waals surface area contributed by atoms with Crippen LogP contribution >= 0.6 is 11.8 Å². The topological polar surface area (TPSA) is 63.1 Å². The molecule has 32 heavy (non-hydrogen) atoms. The Morgan fingerprint density at radius 3 is 2.56 bits per heavy atom. The fraction of sp³-hybridized carbons (Fsp3) is 0.348. The highest BCUT2D eigenvalue weighted by Crippen LogP contribution is 2.22. The molecule has 4 rings (SSSR count). The van der Waals surface area contributed by atoms with E-state index in [1.165, 1.54) is 31.0 Å². The molecule has 1 aliphatic rings. The van der Waals surface area contributed by atoms with Crippen molar-refractivity contribution in [3.8, 4) is 0 Å². The van der Waals surface area contributed by atoms with E-state index in [4.69, 9.17) is 0 Å². The summed E-state index contributed by atoms with van der Waals surface area (Å²) in [5.41, 5.74) is 0.937. The molecule has 0 aliphatic carbocycles. The van der Waals surface area contributed by atoms with E-state index in [0.717, 1.165) is 42.7 Å². The number of nitrogens with zero attached hydrogens (tertiary/aromatic N) is 4. The van der Waals surface area contributed by atoms with Gasteiger partial charge in [-0.25, -0.2) is 8.78 Å². The van der Waals surface area contributed by atoms with Crippen LogP contribution in [0.15, 0.2) is 53.7 Å². The fourth-order valence-electron chi connectivity index (χ4n) is 3.69. The van der Waals surface area contributed by atoms with E-state index >= 15 is 0 Å². The zero-order chi connectivity index (χ0) is 22.3. The van der Waals surface area contributed by atoms with Crippen LogP contribution in [0.5, 0.6) is 0 Å². The van der Waals surface area contributed by atoms with Gasteiger partial charge < -0.3 is 9.88 Å². The molecule has 0 bridgehead atoms. The average Bonchev–Trinajstić information content (AvgIpc) is 3.17. The number of carbonyl (C=O) groups excluding carboxylic acids is 1. The second kappa shape index (κ2) is 10.7. The van der Waals surface area contributed by atoms with Gasteiger partial charge in [-0.05, 0) is 43.6 Å². The minimum Gasteiger partial charge on any atom is -0.323 e. The van der Waals surface area contributed by atoms with Crippen molar-refractivity contribution in [1.82, 2.24) is 19.7 Å². The monoisotopic (exact) mass is 457 g/mol. The number of anilines is 1. The van der Waals surface area contributed by atoms with E-state index < -0.39 is 17.5 Å². The minimum absolute atomic E-state index is 0.00654. The summed E-state index contributed by atoms with van der Waals surface area (Å²) in [6.45, 7) is 3.39. The molecule has 1 aromatic heterocycles. The third-order valence-corrected chi connectivity index (χ3v) is 6.29. The number of aromatic nitrogens is 3. The fourth-order valence-corrected chi connectivity index (χ4v) is 4.45. The summed E-state index contributed by atoms with van der Waals surface area (Å²) >= 11 is 1.23. The molecule has 0 atom stereocenters. The number of hydrogen-bond donors (Lipinski definition) is 1. The zero-order valence-corrected chi connectivity index (χ0v) is 18.5. The molecule has 1 amide bonds. The van der Waals surface area contributed by atoms with Crippen molar-refractivity contribution in [3.05, 3.63) is 71.6 Å². The Balaban J connectivity index is 1.46. The van der Waals surface area contributed by atoms with Crippen LogP contribution in [-0.2, 0) is 17.9 Å². The van der Waals surface area contributed by atoms with Gasteiger partial charge in [-0.1, -0.05) is 48.5 Å². The van der Waals surface area contributed by atoms with Crippen molar-refractivity contribution in [1.29, 1.82) is 0 Å². The van der Waals surface area contributed by atoms with Crippen LogP contribution in [0, 0.1) is 11.6 Å². The van der Waals surface area contributed by atoms with Crippen molar-refractivity contribution >= 4 is 23.4 Å². The van der Waals surface area contributed by atoms with Gasteiger partial charge in [-0.3, -0.25) is 9.69 Å². The number of nitrogens with one attached hydrogen (secondary N) is 1. The Bertz CT molecular complexity index is 1050. The molecular formula is C23H25F2N5OS. The molecule has 2 heterocycles. The number of likely N-dealkylation sites (tertiary alicyclic amines) is 1. The molecule has 0 radical (unpaired) electrons. The lowest BCUT2D eigenvalue weighted by molar-refractivity contribution is -0.113. The van der Waals surface area contributed by atoms with Gasteiger partial charge in [0.05, 0.1) is 24.5 Å². The smallest absolute Gasteiger partial charge is 0.234 e. The molecule has 0 spiro atoms. The van der Waals surface area contributed by atoms with Gasteiger partial charge in [-0.15, -0.1) is 10.2 Å². The van der Waals surface area contributed by atoms with E-state index in [0.29, 0.717) is 18.2 Å². The Morgan fingerprint density at radius 2 is 1.78 bits per heavy atom. The summed E-state index contributed by atoms with van der Waals surface area (Å²) in [6, 6.07) is 13.0. The Hall–Kier alpha value is -2.78. The van der Waals surface area contributed by atoms with Gasteiger partial charge in [0, 0.05) is 6.07 Å². The molecule has 1 fully saturated rings. The predicted molar refractivity (Wildman–Crippen MR) is 120 cm³/mol. The van der Waals surface area contributed by atoms with Crippen molar-refractivity contribution in [3.63, 3.8) is 0 Å². The Morgan fingerprint density at radius 1 is 1.00 bits per heavy atom. The lowest BCUT2D eigenvalue weighted by Gasteiger charge is -2.26. The van der Waals surface area contributed by atoms with Crippen molar-refractivity contribution < 1.29 is 13.6 Å². The van der Waals surface area contributed by atoms with Crippen LogP contribution < -0.4 is 5.32 Å².